The van der Waals surface area contributed by atoms with Crippen LogP contribution in [0.5, 0.6) is 0 Å². The van der Waals surface area contributed by atoms with Gasteiger partial charge in [-0.1, -0.05) is 18.6 Å². The lowest BCUT2D eigenvalue weighted by Gasteiger charge is -2.09. The first-order valence-corrected chi connectivity index (χ1v) is 6.35. The standard InChI is InChI=1S/C15H18N2O2/c1-5-12-10(3)16-17(11(12)4)14-7-6-9(2)8-13(14)15(18)19/h6-8H,5H2,1-4H3,(H,18,19). The Morgan fingerprint density at radius 1 is 1.32 bits per heavy atom. The average Bonchev–Trinajstić information content (AvgIpc) is 2.64. The molecule has 0 unspecified atom stereocenters. The van der Waals surface area contributed by atoms with E-state index in [9.17, 15) is 9.90 Å². The lowest BCUT2D eigenvalue weighted by atomic mass is 10.1. The fraction of sp³-hybridized carbons (Fsp3) is 0.333. The second-order valence-electron chi connectivity index (χ2n) is 4.74. The molecule has 1 N–H and O–H groups in total. The van der Waals surface area contributed by atoms with Crippen molar-refractivity contribution >= 4 is 5.97 Å². The van der Waals surface area contributed by atoms with E-state index in [1.165, 1.54) is 5.56 Å². The molecule has 4 nitrogen and oxygen atoms in total. The minimum atomic E-state index is -0.927. The molecule has 0 atom stereocenters. The smallest absolute Gasteiger partial charge is 0.337 e. The maximum atomic E-state index is 11.4. The number of rotatable bonds is 3. The van der Waals surface area contributed by atoms with Crippen LogP contribution in [0.4, 0.5) is 0 Å². The lowest BCUT2D eigenvalue weighted by Crippen LogP contribution is -2.08. The molecule has 1 aromatic heterocycles. The molecule has 0 aliphatic carbocycles. The van der Waals surface area contributed by atoms with E-state index in [1.54, 1.807) is 10.7 Å². The minimum Gasteiger partial charge on any atom is -0.478 e. The molecule has 0 aliphatic rings. The van der Waals surface area contributed by atoms with Gasteiger partial charge in [0.05, 0.1) is 16.9 Å². The zero-order chi connectivity index (χ0) is 14.2. The molecule has 4 heteroatoms. The third kappa shape index (κ3) is 2.26. The SMILES string of the molecule is CCc1c(C)nn(-c2ccc(C)cc2C(=O)O)c1C. The van der Waals surface area contributed by atoms with Crippen LogP contribution in [-0.2, 0) is 6.42 Å². The number of carboxylic acid groups (broad SMARTS) is 1. The predicted octanol–water partition coefficient (Wildman–Crippen LogP) is 3.06. The van der Waals surface area contributed by atoms with Crippen molar-refractivity contribution in [2.24, 2.45) is 0 Å². The van der Waals surface area contributed by atoms with Gasteiger partial charge < -0.3 is 5.11 Å². The summed E-state index contributed by atoms with van der Waals surface area (Å²) < 4.78 is 1.73. The van der Waals surface area contributed by atoms with Gasteiger partial charge in [-0.05, 0) is 44.9 Å². The van der Waals surface area contributed by atoms with Crippen LogP contribution in [0.3, 0.4) is 0 Å². The number of aromatic nitrogens is 2. The van der Waals surface area contributed by atoms with E-state index in [4.69, 9.17) is 0 Å². The molecule has 100 valence electrons. The quantitative estimate of drug-likeness (QED) is 0.920. The van der Waals surface area contributed by atoms with Gasteiger partial charge in [-0.25, -0.2) is 9.48 Å². The van der Waals surface area contributed by atoms with E-state index in [0.29, 0.717) is 5.69 Å². The molecule has 0 fully saturated rings. The Labute approximate surface area is 112 Å². The van der Waals surface area contributed by atoms with Crippen LogP contribution < -0.4 is 0 Å². The van der Waals surface area contributed by atoms with Gasteiger partial charge in [0, 0.05) is 5.69 Å². The molecule has 1 aromatic carbocycles. The summed E-state index contributed by atoms with van der Waals surface area (Å²) in [4.78, 5) is 11.4. The summed E-state index contributed by atoms with van der Waals surface area (Å²) in [5.74, 6) is -0.927. The van der Waals surface area contributed by atoms with E-state index < -0.39 is 5.97 Å². The molecule has 19 heavy (non-hydrogen) atoms. The number of aryl methyl sites for hydroxylation is 2. The van der Waals surface area contributed by atoms with E-state index >= 15 is 0 Å². The Balaban J connectivity index is 2.69. The van der Waals surface area contributed by atoms with Gasteiger partial charge >= 0.3 is 5.97 Å². The average molecular weight is 258 g/mol. The van der Waals surface area contributed by atoms with Gasteiger partial charge in [-0.15, -0.1) is 0 Å². The Morgan fingerprint density at radius 2 is 2.00 bits per heavy atom. The largest absolute Gasteiger partial charge is 0.478 e. The van der Waals surface area contributed by atoms with Crippen LogP contribution >= 0.6 is 0 Å². The highest BCUT2D eigenvalue weighted by Crippen LogP contribution is 2.22. The van der Waals surface area contributed by atoms with Gasteiger partial charge in [0.25, 0.3) is 0 Å². The second-order valence-corrected chi connectivity index (χ2v) is 4.74. The highest BCUT2D eigenvalue weighted by Gasteiger charge is 2.17. The number of carbonyl (C=O) groups is 1. The summed E-state index contributed by atoms with van der Waals surface area (Å²) in [6.45, 7) is 7.89. The fourth-order valence-corrected chi connectivity index (χ4v) is 2.43. The Kier molecular flexibility index (Phi) is 3.42. The molecule has 0 amide bonds. The van der Waals surface area contributed by atoms with Crippen LogP contribution in [-0.4, -0.2) is 20.9 Å². The summed E-state index contributed by atoms with van der Waals surface area (Å²) in [7, 11) is 0. The van der Waals surface area contributed by atoms with Crippen LogP contribution in [0.2, 0.25) is 0 Å². The summed E-state index contributed by atoms with van der Waals surface area (Å²) in [5.41, 5.74) is 4.98. The molecule has 1 heterocycles. The third-order valence-corrected chi connectivity index (χ3v) is 3.41. The van der Waals surface area contributed by atoms with E-state index in [2.05, 4.69) is 12.0 Å². The topological polar surface area (TPSA) is 55.1 Å². The molecular weight excluding hydrogens is 240 g/mol. The zero-order valence-corrected chi connectivity index (χ0v) is 11.7. The van der Waals surface area contributed by atoms with Gasteiger partial charge in [-0.2, -0.15) is 5.10 Å². The molecule has 0 spiro atoms. The third-order valence-electron chi connectivity index (χ3n) is 3.41. The van der Waals surface area contributed by atoms with Crippen molar-refractivity contribution in [2.75, 3.05) is 0 Å². The van der Waals surface area contributed by atoms with Gasteiger partial charge in [-0.3, -0.25) is 0 Å². The Hall–Kier alpha value is -2.10. The first-order valence-electron chi connectivity index (χ1n) is 6.35. The number of benzene rings is 1. The van der Waals surface area contributed by atoms with E-state index in [-0.39, 0.29) is 5.56 Å². The fourth-order valence-electron chi connectivity index (χ4n) is 2.43. The van der Waals surface area contributed by atoms with E-state index in [1.807, 2.05) is 32.9 Å². The summed E-state index contributed by atoms with van der Waals surface area (Å²) in [5, 5.41) is 13.8. The van der Waals surface area contributed by atoms with Crippen LogP contribution in [0.1, 0.15) is 39.8 Å². The Bertz CT molecular complexity index is 642. The second kappa shape index (κ2) is 4.88. The summed E-state index contributed by atoms with van der Waals surface area (Å²) in [6, 6.07) is 5.40. The molecule has 0 saturated carbocycles. The van der Waals surface area contributed by atoms with Crippen molar-refractivity contribution in [3.05, 3.63) is 46.3 Å². The molecule has 2 aromatic rings. The monoisotopic (exact) mass is 258 g/mol. The van der Waals surface area contributed by atoms with Crippen LogP contribution in [0.25, 0.3) is 5.69 Å². The molecule has 2 rings (SSSR count). The highest BCUT2D eigenvalue weighted by molar-refractivity contribution is 5.92. The maximum absolute atomic E-state index is 11.4. The first kappa shape index (κ1) is 13.3. The number of hydrogen-bond donors (Lipinski definition) is 1. The molecular formula is C15H18N2O2. The van der Waals surface area contributed by atoms with Crippen LogP contribution in [0.15, 0.2) is 18.2 Å². The highest BCUT2D eigenvalue weighted by atomic mass is 16.4. The number of nitrogens with zero attached hydrogens (tertiary/aromatic N) is 2. The van der Waals surface area contributed by atoms with Crippen molar-refractivity contribution in [1.82, 2.24) is 9.78 Å². The maximum Gasteiger partial charge on any atom is 0.337 e. The lowest BCUT2D eigenvalue weighted by molar-refractivity contribution is 0.0696. The first-order chi connectivity index (χ1) is 8.95. The number of carboxylic acids is 1. The van der Waals surface area contributed by atoms with Gasteiger partial charge in [0.2, 0.25) is 0 Å². The van der Waals surface area contributed by atoms with Crippen molar-refractivity contribution < 1.29 is 9.90 Å². The zero-order valence-electron chi connectivity index (χ0n) is 11.7. The van der Waals surface area contributed by atoms with Crippen molar-refractivity contribution in [3.8, 4) is 5.69 Å². The molecule has 0 saturated heterocycles. The van der Waals surface area contributed by atoms with Crippen LogP contribution in [0, 0.1) is 20.8 Å². The van der Waals surface area contributed by atoms with Gasteiger partial charge in [0.15, 0.2) is 0 Å². The Morgan fingerprint density at radius 3 is 2.53 bits per heavy atom. The number of aromatic carboxylic acids is 1. The normalized spacial score (nSPS) is 10.7. The number of hydrogen-bond acceptors (Lipinski definition) is 2. The molecule has 0 bridgehead atoms. The summed E-state index contributed by atoms with van der Waals surface area (Å²) >= 11 is 0. The van der Waals surface area contributed by atoms with Gasteiger partial charge in [0.1, 0.15) is 0 Å². The summed E-state index contributed by atoms with van der Waals surface area (Å²) in [6.07, 6.45) is 0.895. The van der Waals surface area contributed by atoms with Crippen molar-refractivity contribution in [3.63, 3.8) is 0 Å². The van der Waals surface area contributed by atoms with Crippen molar-refractivity contribution in [1.29, 1.82) is 0 Å². The molecule has 0 aliphatic heterocycles. The minimum absolute atomic E-state index is 0.285. The van der Waals surface area contributed by atoms with Crippen molar-refractivity contribution in [2.45, 2.75) is 34.1 Å². The van der Waals surface area contributed by atoms with E-state index in [0.717, 1.165) is 23.4 Å². The molecule has 0 radical (unpaired) electrons. The predicted molar refractivity (Wildman–Crippen MR) is 74.1 cm³/mol.